The molecule has 1 fully saturated rings. The molecule has 0 spiro atoms. The Morgan fingerprint density at radius 3 is 2.94 bits per heavy atom. The van der Waals surface area contributed by atoms with E-state index < -0.39 is 0 Å². The van der Waals surface area contributed by atoms with Crippen molar-refractivity contribution in [2.75, 3.05) is 7.05 Å². The molecule has 1 aliphatic rings. The molecule has 1 aromatic heterocycles. The third kappa shape index (κ3) is 2.99. The van der Waals surface area contributed by atoms with Crippen LogP contribution in [0.2, 0.25) is 0 Å². The molecular formula is C12H21ClN4. The van der Waals surface area contributed by atoms with Crippen LogP contribution in [0.25, 0.3) is 0 Å². The maximum absolute atomic E-state index is 6.41. The summed E-state index contributed by atoms with van der Waals surface area (Å²) in [7, 11) is 2.14. The smallest absolute Gasteiger partial charge is 0.140 e. The van der Waals surface area contributed by atoms with Crippen molar-refractivity contribution < 1.29 is 0 Å². The summed E-state index contributed by atoms with van der Waals surface area (Å²) in [4.78, 5) is 6.64. The van der Waals surface area contributed by atoms with Gasteiger partial charge in [-0.15, -0.1) is 11.6 Å². The Morgan fingerprint density at radius 1 is 1.47 bits per heavy atom. The molecule has 0 saturated heterocycles. The zero-order valence-corrected chi connectivity index (χ0v) is 11.4. The number of alkyl halides is 1. The summed E-state index contributed by atoms with van der Waals surface area (Å²) in [5.41, 5.74) is 0. The van der Waals surface area contributed by atoms with Gasteiger partial charge in [-0.05, 0) is 26.8 Å². The molecule has 1 heterocycles. The molecule has 1 aromatic rings. The Bertz CT molecular complexity index is 352. The maximum atomic E-state index is 6.41. The van der Waals surface area contributed by atoms with E-state index in [2.05, 4.69) is 29.0 Å². The van der Waals surface area contributed by atoms with Crippen LogP contribution in [0, 0.1) is 0 Å². The van der Waals surface area contributed by atoms with Gasteiger partial charge >= 0.3 is 0 Å². The minimum atomic E-state index is 0.284. The number of aryl methyl sites for hydroxylation is 1. The van der Waals surface area contributed by atoms with Gasteiger partial charge in [0.2, 0.25) is 0 Å². The minimum absolute atomic E-state index is 0.284. The second-order valence-electron chi connectivity index (χ2n) is 4.77. The van der Waals surface area contributed by atoms with E-state index in [-0.39, 0.29) is 5.38 Å². The van der Waals surface area contributed by atoms with Gasteiger partial charge in [0.1, 0.15) is 12.2 Å². The first kappa shape index (κ1) is 12.8. The lowest BCUT2D eigenvalue weighted by Gasteiger charge is -2.34. The van der Waals surface area contributed by atoms with Crippen LogP contribution >= 0.6 is 11.6 Å². The van der Waals surface area contributed by atoms with Crippen molar-refractivity contribution in [3.8, 4) is 0 Å². The van der Waals surface area contributed by atoms with Gasteiger partial charge in [0.15, 0.2) is 0 Å². The second-order valence-corrected chi connectivity index (χ2v) is 5.34. The van der Waals surface area contributed by atoms with Crippen molar-refractivity contribution in [2.24, 2.45) is 0 Å². The average Bonchev–Trinajstić information content (AvgIpc) is 2.76. The zero-order chi connectivity index (χ0) is 12.3. The SMILES string of the molecule is CCn1ncnc1CN(C)C1CCCCC1Cl. The van der Waals surface area contributed by atoms with E-state index in [4.69, 9.17) is 11.6 Å². The van der Waals surface area contributed by atoms with Crippen LogP contribution in [0.3, 0.4) is 0 Å². The van der Waals surface area contributed by atoms with Gasteiger partial charge < -0.3 is 0 Å². The van der Waals surface area contributed by atoms with E-state index in [1.807, 2.05) is 4.68 Å². The lowest BCUT2D eigenvalue weighted by molar-refractivity contribution is 0.182. The quantitative estimate of drug-likeness (QED) is 0.775. The second kappa shape index (κ2) is 5.83. The molecule has 2 unspecified atom stereocenters. The topological polar surface area (TPSA) is 34.0 Å². The molecule has 1 aliphatic carbocycles. The number of halogens is 1. The van der Waals surface area contributed by atoms with Crippen molar-refractivity contribution in [2.45, 2.75) is 57.1 Å². The Kier molecular flexibility index (Phi) is 4.40. The van der Waals surface area contributed by atoms with Crippen molar-refractivity contribution in [3.63, 3.8) is 0 Å². The molecule has 2 atom stereocenters. The highest BCUT2D eigenvalue weighted by atomic mass is 35.5. The first-order valence-electron chi connectivity index (χ1n) is 6.43. The fourth-order valence-corrected chi connectivity index (χ4v) is 3.05. The van der Waals surface area contributed by atoms with Crippen LogP contribution in [0.15, 0.2) is 6.33 Å². The van der Waals surface area contributed by atoms with Crippen LogP contribution < -0.4 is 0 Å². The van der Waals surface area contributed by atoms with E-state index in [0.29, 0.717) is 6.04 Å². The molecule has 5 heteroatoms. The molecule has 96 valence electrons. The van der Waals surface area contributed by atoms with Crippen molar-refractivity contribution in [1.29, 1.82) is 0 Å². The lowest BCUT2D eigenvalue weighted by Crippen LogP contribution is -2.40. The number of hydrogen-bond acceptors (Lipinski definition) is 3. The van der Waals surface area contributed by atoms with Gasteiger partial charge in [0, 0.05) is 18.0 Å². The minimum Gasteiger partial charge on any atom is -0.295 e. The predicted octanol–water partition coefficient (Wildman–Crippen LogP) is 2.28. The highest BCUT2D eigenvalue weighted by Crippen LogP contribution is 2.27. The zero-order valence-electron chi connectivity index (χ0n) is 10.6. The summed E-state index contributed by atoms with van der Waals surface area (Å²) < 4.78 is 1.95. The number of rotatable bonds is 4. The van der Waals surface area contributed by atoms with E-state index in [0.717, 1.165) is 25.3 Å². The van der Waals surface area contributed by atoms with Gasteiger partial charge in [-0.25, -0.2) is 9.67 Å². The van der Waals surface area contributed by atoms with Crippen LogP contribution in [-0.4, -0.2) is 38.1 Å². The molecule has 17 heavy (non-hydrogen) atoms. The van der Waals surface area contributed by atoms with Crippen molar-refractivity contribution in [3.05, 3.63) is 12.2 Å². The van der Waals surface area contributed by atoms with Crippen LogP contribution in [-0.2, 0) is 13.1 Å². The normalized spacial score (nSPS) is 25.4. The van der Waals surface area contributed by atoms with E-state index in [1.165, 1.54) is 19.3 Å². The van der Waals surface area contributed by atoms with Gasteiger partial charge in [0.05, 0.1) is 6.54 Å². The maximum Gasteiger partial charge on any atom is 0.140 e. The molecule has 0 N–H and O–H groups in total. The van der Waals surface area contributed by atoms with Gasteiger partial charge in [-0.2, -0.15) is 5.10 Å². The fraction of sp³-hybridized carbons (Fsp3) is 0.833. The molecule has 2 rings (SSSR count). The highest BCUT2D eigenvalue weighted by molar-refractivity contribution is 6.21. The predicted molar refractivity (Wildman–Crippen MR) is 69.1 cm³/mol. The summed E-state index contributed by atoms with van der Waals surface area (Å²) in [6.45, 7) is 3.79. The molecule has 0 radical (unpaired) electrons. The highest BCUT2D eigenvalue weighted by Gasteiger charge is 2.27. The third-order valence-corrected chi connectivity index (χ3v) is 4.11. The van der Waals surface area contributed by atoms with Gasteiger partial charge in [0.25, 0.3) is 0 Å². The number of nitrogens with zero attached hydrogens (tertiary/aromatic N) is 4. The summed E-state index contributed by atoms with van der Waals surface area (Å²) >= 11 is 6.41. The van der Waals surface area contributed by atoms with Crippen LogP contribution in [0.1, 0.15) is 38.4 Å². The Balaban J connectivity index is 1.98. The number of hydrogen-bond donors (Lipinski definition) is 0. The van der Waals surface area contributed by atoms with Crippen LogP contribution in [0.5, 0.6) is 0 Å². The molecule has 0 bridgehead atoms. The molecule has 0 aliphatic heterocycles. The summed E-state index contributed by atoms with van der Waals surface area (Å²) in [5, 5.41) is 4.48. The standard InChI is InChI=1S/C12H21ClN4/c1-3-17-12(14-9-15-17)8-16(2)11-7-5-4-6-10(11)13/h9-11H,3-8H2,1-2H3. The summed E-state index contributed by atoms with van der Waals surface area (Å²) in [6, 6.07) is 0.479. The summed E-state index contributed by atoms with van der Waals surface area (Å²) in [5.74, 6) is 1.03. The van der Waals surface area contributed by atoms with Gasteiger partial charge in [-0.1, -0.05) is 12.8 Å². The lowest BCUT2D eigenvalue weighted by atomic mass is 9.94. The molecular weight excluding hydrogens is 236 g/mol. The van der Waals surface area contributed by atoms with Crippen molar-refractivity contribution >= 4 is 11.6 Å². The van der Waals surface area contributed by atoms with E-state index in [9.17, 15) is 0 Å². The molecule has 4 nitrogen and oxygen atoms in total. The van der Waals surface area contributed by atoms with Crippen molar-refractivity contribution in [1.82, 2.24) is 19.7 Å². The Hall–Kier alpha value is -0.610. The monoisotopic (exact) mass is 256 g/mol. The molecule has 1 saturated carbocycles. The third-order valence-electron chi connectivity index (χ3n) is 3.60. The summed E-state index contributed by atoms with van der Waals surface area (Å²) in [6.07, 6.45) is 6.52. The Morgan fingerprint density at radius 2 is 2.24 bits per heavy atom. The molecule has 0 amide bonds. The Labute approximate surface area is 108 Å². The van der Waals surface area contributed by atoms with Crippen LogP contribution in [0.4, 0.5) is 0 Å². The first-order valence-corrected chi connectivity index (χ1v) is 6.87. The van der Waals surface area contributed by atoms with Gasteiger partial charge in [-0.3, -0.25) is 4.90 Å². The number of aromatic nitrogens is 3. The van der Waals surface area contributed by atoms with E-state index in [1.54, 1.807) is 6.33 Å². The largest absolute Gasteiger partial charge is 0.295 e. The molecule has 0 aromatic carbocycles. The average molecular weight is 257 g/mol. The van der Waals surface area contributed by atoms with E-state index >= 15 is 0 Å². The first-order chi connectivity index (χ1) is 8.22. The fourth-order valence-electron chi connectivity index (χ4n) is 2.58.